The Morgan fingerprint density at radius 3 is 2.85 bits per heavy atom. The van der Waals surface area contributed by atoms with Gasteiger partial charge in [0.05, 0.1) is 18.0 Å². The monoisotopic (exact) mass is 473 g/mol. The Hall–Kier alpha value is -2.45. The third-order valence-corrected chi connectivity index (χ3v) is 6.95. The largest absolute Gasteiger partial charge is 0.480 e. The number of carboxylic acids is 1. The Balaban J connectivity index is 1.38. The molecule has 0 aliphatic carbocycles. The fraction of sp³-hybridized carbons (Fsp3) is 0.577. The Morgan fingerprint density at radius 1 is 1.24 bits per heavy atom. The molecule has 0 amide bonds. The average molecular weight is 474 g/mol. The summed E-state index contributed by atoms with van der Waals surface area (Å²) in [4.78, 5) is 22.6. The summed E-state index contributed by atoms with van der Waals surface area (Å²) >= 11 is 0. The molecular formula is C26H33F2N3O3. The molecular weight excluding hydrogens is 440 g/mol. The second-order valence-electron chi connectivity index (χ2n) is 9.35. The molecule has 184 valence electrons. The van der Waals surface area contributed by atoms with Gasteiger partial charge in [-0.05, 0) is 69.7 Å². The molecule has 0 radical (unpaired) electrons. The number of aliphatic carboxylic acids is 1. The minimum atomic E-state index is -1.07. The van der Waals surface area contributed by atoms with Crippen molar-refractivity contribution in [1.82, 2.24) is 14.9 Å². The first-order valence-electron chi connectivity index (χ1n) is 12.3. The van der Waals surface area contributed by atoms with Crippen LogP contribution in [-0.4, -0.2) is 51.8 Å². The third kappa shape index (κ3) is 6.16. The molecule has 2 aromatic rings. The van der Waals surface area contributed by atoms with E-state index in [0.29, 0.717) is 43.8 Å². The van der Waals surface area contributed by atoms with Crippen molar-refractivity contribution in [3.63, 3.8) is 0 Å². The number of alkyl halides is 1. The van der Waals surface area contributed by atoms with Crippen molar-refractivity contribution in [2.75, 3.05) is 19.7 Å². The van der Waals surface area contributed by atoms with Crippen molar-refractivity contribution in [2.45, 2.75) is 69.7 Å². The molecule has 3 unspecified atom stereocenters. The topological polar surface area (TPSA) is 75.6 Å². The number of rotatable bonds is 10. The van der Waals surface area contributed by atoms with Gasteiger partial charge in [0.1, 0.15) is 18.0 Å². The van der Waals surface area contributed by atoms with Crippen LogP contribution in [0.15, 0.2) is 36.7 Å². The molecule has 34 heavy (non-hydrogen) atoms. The summed E-state index contributed by atoms with van der Waals surface area (Å²) in [5.41, 5.74) is 1.82. The Bertz CT molecular complexity index is 940. The predicted octanol–water partition coefficient (Wildman–Crippen LogP) is 5.06. The molecule has 4 heterocycles. The molecule has 2 aliphatic rings. The number of aryl methyl sites for hydroxylation is 1. The number of carbonyl (C=O) groups is 1. The Labute approximate surface area is 199 Å². The Morgan fingerprint density at radius 2 is 2.12 bits per heavy atom. The standard InChI is InChI=1S/C26H33F2N3O3/c27-19-15-21(24(30-16-19)23-10-4-6-14-34-23)25(26(32)33)31-13-11-18(17-31)22(28)9-2-1-7-20-8-3-5-12-29-20/h3,5,8,12,15-16,18,22-23,25H,1-2,4,6-7,9-11,13-14,17H2,(H,32,33)/t18-,22?,23?,25?/m1/s1. The van der Waals surface area contributed by atoms with Crippen LogP contribution in [0, 0.1) is 11.7 Å². The Kier molecular flexibility index (Phi) is 8.56. The molecule has 2 saturated heterocycles. The summed E-state index contributed by atoms with van der Waals surface area (Å²) in [5, 5.41) is 10.1. The van der Waals surface area contributed by atoms with E-state index in [1.54, 1.807) is 11.1 Å². The number of nitrogens with zero attached hydrogens (tertiary/aromatic N) is 3. The van der Waals surface area contributed by atoms with Crippen LogP contribution >= 0.6 is 0 Å². The highest BCUT2D eigenvalue weighted by Gasteiger charge is 2.39. The molecule has 2 aliphatic heterocycles. The van der Waals surface area contributed by atoms with Crippen LogP contribution in [-0.2, 0) is 16.0 Å². The molecule has 2 fully saturated rings. The zero-order valence-electron chi connectivity index (χ0n) is 19.4. The second-order valence-corrected chi connectivity index (χ2v) is 9.35. The van der Waals surface area contributed by atoms with Gasteiger partial charge < -0.3 is 9.84 Å². The maximum Gasteiger partial charge on any atom is 0.325 e. The molecule has 0 bridgehead atoms. The van der Waals surface area contributed by atoms with Gasteiger partial charge in [0, 0.05) is 36.5 Å². The number of hydrogen-bond acceptors (Lipinski definition) is 5. The molecule has 6 nitrogen and oxygen atoms in total. The number of halogens is 2. The molecule has 1 N–H and O–H groups in total. The van der Waals surface area contributed by atoms with Gasteiger partial charge in [-0.2, -0.15) is 0 Å². The summed E-state index contributed by atoms with van der Waals surface area (Å²) < 4.78 is 35.0. The van der Waals surface area contributed by atoms with Gasteiger partial charge in [-0.25, -0.2) is 8.78 Å². The fourth-order valence-corrected chi connectivity index (χ4v) is 5.17. The molecule has 0 aromatic carbocycles. The lowest BCUT2D eigenvalue weighted by molar-refractivity contribution is -0.143. The normalized spacial score (nSPS) is 23.0. The first-order chi connectivity index (χ1) is 16.5. The first kappa shape index (κ1) is 24.7. The van der Waals surface area contributed by atoms with Gasteiger partial charge in [-0.1, -0.05) is 12.5 Å². The lowest BCUT2D eigenvalue weighted by Crippen LogP contribution is -2.35. The average Bonchev–Trinajstić information content (AvgIpc) is 3.33. The smallest absolute Gasteiger partial charge is 0.325 e. The lowest BCUT2D eigenvalue weighted by atomic mass is 9.96. The number of pyridine rings is 2. The van der Waals surface area contributed by atoms with E-state index in [9.17, 15) is 14.3 Å². The summed E-state index contributed by atoms with van der Waals surface area (Å²) in [6.07, 6.45) is 7.67. The van der Waals surface area contributed by atoms with Crippen molar-refractivity contribution in [1.29, 1.82) is 0 Å². The highest BCUT2D eigenvalue weighted by Crippen LogP contribution is 2.37. The number of ether oxygens (including phenoxy) is 1. The van der Waals surface area contributed by atoms with E-state index < -0.39 is 24.0 Å². The number of carboxylic acid groups (broad SMARTS) is 1. The van der Waals surface area contributed by atoms with E-state index in [2.05, 4.69) is 9.97 Å². The summed E-state index contributed by atoms with van der Waals surface area (Å²) in [7, 11) is 0. The third-order valence-electron chi connectivity index (χ3n) is 6.95. The van der Waals surface area contributed by atoms with Crippen LogP contribution in [0.25, 0.3) is 0 Å². The van der Waals surface area contributed by atoms with Crippen molar-refractivity contribution < 1.29 is 23.4 Å². The van der Waals surface area contributed by atoms with E-state index >= 15 is 4.39 Å². The van der Waals surface area contributed by atoms with Gasteiger partial charge >= 0.3 is 5.97 Å². The van der Waals surface area contributed by atoms with Crippen LogP contribution in [0.1, 0.15) is 74.0 Å². The number of aromatic nitrogens is 2. The minimum absolute atomic E-state index is 0.229. The highest BCUT2D eigenvalue weighted by molar-refractivity contribution is 5.76. The highest BCUT2D eigenvalue weighted by atomic mass is 19.1. The second kappa shape index (κ2) is 11.8. The zero-order chi connectivity index (χ0) is 23.9. The minimum Gasteiger partial charge on any atom is -0.480 e. The first-order valence-corrected chi connectivity index (χ1v) is 12.3. The van der Waals surface area contributed by atoms with Crippen LogP contribution in [0.5, 0.6) is 0 Å². The SMILES string of the molecule is O=C(O)C(c1cc(F)cnc1C1CCCCO1)N1CC[C@@H](C(F)CCCCc2ccccn2)C1. The van der Waals surface area contributed by atoms with Crippen molar-refractivity contribution >= 4 is 5.97 Å². The van der Waals surface area contributed by atoms with Gasteiger partial charge in [-0.15, -0.1) is 0 Å². The van der Waals surface area contributed by atoms with Gasteiger partial charge in [0.25, 0.3) is 0 Å². The molecule has 8 heteroatoms. The van der Waals surface area contributed by atoms with Gasteiger partial charge in [-0.3, -0.25) is 19.7 Å². The van der Waals surface area contributed by atoms with Crippen LogP contribution < -0.4 is 0 Å². The number of hydrogen-bond donors (Lipinski definition) is 1. The van der Waals surface area contributed by atoms with Crippen LogP contribution in [0.3, 0.4) is 0 Å². The summed E-state index contributed by atoms with van der Waals surface area (Å²) in [6.45, 7) is 1.37. The quantitative estimate of drug-likeness (QED) is 0.487. The molecule has 2 aromatic heterocycles. The van der Waals surface area contributed by atoms with Crippen molar-refractivity contribution in [2.24, 2.45) is 5.92 Å². The van der Waals surface area contributed by atoms with E-state index in [4.69, 9.17) is 4.74 Å². The maximum atomic E-state index is 15.0. The fourth-order valence-electron chi connectivity index (χ4n) is 5.17. The van der Waals surface area contributed by atoms with E-state index in [1.807, 2.05) is 18.2 Å². The summed E-state index contributed by atoms with van der Waals surface area (Å²) in [6, 6.07) is 6.00. The predicted molar refractivity (Wildman–Crippen MR) is 123 cm³/mol. The molecule has 0 saturated carbocycles. The van der Waals surface area contributed by atoms with Crippen LogP contribution in [0.2, 0.25) is 0 Å². The van der Waals surface area contributed by atoms with Crippen LogP contribution in [0.4, 0.5) is 8.78 Å². The van der Waals surface area contributed by atoms with Gasteiger partial charge in [0.2, 0.25) is 0 Å². The molecule has 4 atom stereocenters. The lowest BCUT2D eigenvalue weighted by Gasteiger charge is -2.30. The zero-order valence-corrected chi connectivity index (χ0v) is 19.4. The van der Waals surface area contributed by atoms with Crippen molar-refractivity contribution in [3.8, 4) is 0 Å². The summed E-state index contributed by atoms with van der Waals surface area (Å²) in [5.74, 6) is -1.88. The van der Waals surface area contributed by atoms with E-state index in [0.717, 1.165) is 50.4 Å². The molecule has 0 spiro atoms. The number of likely N-dealkylation sites (tertiary alicyclic amines) is 1. The van der Waals surface area contributed by atoms with Gasteiger partial charge in [0.15, 0.2) is 0 Å². The van der Waals surface area contributed by atoms with E-state index in [1.165, 1.54) is 6.07 Å². The van der Waals surface area contributed by atoms with E-state index in [-0.39, 0.29) is 12.0 Å². The number of unbranched alkanes of at least 4 members (excludes halogenated alkanes) is 1. The molecule has 4 rings (SSSR count). The van der Waals surface area contributed by atoms with Crippen molar-refractivity contribution in [3.05, 3.63) is 59.4 Å². The maximum absolute atomic E-state index is 15.0.